The summed E-state index contributed by atoms with van der Waals surface area (Å²) in [6.45, 7) is 5.46. The van der Waals surface area contributed by atoms with E-state index in [1.807, 2.05) is 0 Å². The van der Waals surface area contributed by atoms with Crippen molar-refractivity contribution in [3.05, 3.63) is 0 Å². The van der Waals surface area contributed by atoms with Crippen LogP contribution in [0.1, 0.15) is 65.2 Å². The molecule has 0 radical (unpaired) electrons. The molecule has 1 aliphatic carbocycles. The second kappa shape index (κ2) is 9.09. The van der Waals surface area contributed by atoms with E-state index in [-0.39, 0.29) is 0 Å². The monoisotopic (exact) mass is 259 g/mol. The van der Waals surface area contributed by atoms with E-state index >= 15 is 0 Å². The Morgan fingerprint density at radius 2 is 1.88 bits per heavy atom. The summed E-state index contributed by atoms with van der Waals surface area (Å²) in [5.41, 5.74) is 0. The van der Waals surface area contributed by atoms with Gasteiger partial charge < -0.3 is 5.32 Å². The summed E-state index contributed by atoms with van der Waals surface area (Å²) in [6, 6.07) is 0.475. The molecule has 0 bridgehead atoms. The predicted molar refractivity (Wildman–Crippen MR) is 76.9 cm³/mol. The fourth-order valence-corrected chi connectivity index (χ4v) is 4.42. The molecule has 2 unspecified atom stereocenters. The molecular weight excluding hydrogens is 230 g/mol. The standard InChI is InChI=1S/C14H29NOS/c1-3-8-13(15-11-4-2)12-17(16)14-9-6-5-7-10-14/h13-15H,3-12H2,1-2H3. The molecule has 1 saturated carbocycles. The Bertz CT molecular complexity index is 214. The highest BCUT2D eigenvalue weighted by Crippen LogP contribution is 2.22. The first-order valence-corrected chi connectivity index (χ1v) is 8.76. The Morgan fingerprint density at radius 3 is 2.47 bits per heavy atom. The van der Waals surface area contributed by atoms with E-state index < -0.39 is 10.8 Å². The first kappa shape index (κ1) is 15.2. The molecule has 0 aliphatic heterocycles. The Labute approximate surface area is 109 Å². The van der Waals surface area contributed by atoms with E-state index in [0.717, 1.165) is 18.7 Å². The summed E-state index contributed by atoms with van der Waals surface area (Å²) in [5.74, 6) is 0.874. The zero-order valence-corrected chi connectivity index (χ0v) is 12.4. The zero-order valence-electron chi connectivity index (χ0n) is 11.5. The molecule has 1 N–H and O–H groups in total. The lowest BCUT2D eigenvalue weighted by Crippen LogP contribution is -2.37. The topological polar surface area (TPSA) is 29.1 Å². The van der Waals surface area contributed by atoms with Crippen LogP contribution in [0.15, 0.2) is 0 Å². The van der Waals surface area contributed by atoms with Crippen LogP contribution in [0.25, 0.3) is 0 Å². The van der Waals surface area contributed by atoms with Gasteiger partial charge in [0.25, 0.3) is 0 Å². The van der Waals surface area contributed by atoms with Gasteiger partial charge in [-0.3, -0.25) is 4.21 Å². The third-order valence-corrected chi connectivity index (χ3v) is 5.56. The third kappa shape index (κ3) is 6.01. The molecule has 1 rings (SSSR count). The van der Waals surface area contributed by atoms with E-state index in [4.69, 9.17) is 0 Å². The van der Waals surface area contributed by atoms with E-state index in [9.17, 15) is 4.21 Å². The van der Waals surface area contributed by atoms with Crippen molar-refractivity contribution in [2.75, 3.05) is 12.3 Å². The lowest BCUT2D eigenvalue weighted by Gasteiger charge is -2.24. The van der Waals surface area contributed by atoms with Crippen LogP contribution >= 0.6 is 0 Å². The smallest absolute Gasteiger partial charge is 0.0391 e. The summed E-state index contributed by atoms with van der Waals surface area (Å²) < 4.78 is 12.3. The average Bonchev–Trinajstić information content (AvgIpc) is 2.37. The van der Waals surface area contributed by atoms with Crippen molar-refractivity contribution in [3.8, 4) is 0 Å². The summed E-state index contributed by atoms with van der Waals surface area (Å²) in [7, 11) is -0.604. The van der Waals surface area contributed by atoms with Crippen molar-refractivity contribution in [1.29, 1.82) is 0 Å². The zero-order chi connectivity index (χ0) is 12.5. The summed E-state index contributed by atoms with van der Waals surface area (Å²) in [6.07, 6.45) is 9.82. The Morgan fingerprint density at radius 1 is 1.18 bits per heavy atom. The van der Waals surface area contributed by atoms with Crippen molar-refractivity contribution in [1.82, 2.24) is 5.32 Å². The number of nitrogens with one attached hydrogen (secondary N) is 1. The van der Waals surface area contributed by atoms with Gasteiger partial charge in [-0.05, 0) is 32.2 Å². The minimum absolute atomic E-state index is 0.475. The third-order valence-electron chi connectivity index (χ3n) is 3.61. The van der Waals surface area contributed by atoms with Gasteiger partial charge >= 0.3 is 0 Å². The van der Waals surface area contributed by atoms with Crippen LogP contribution < -0.4 is 5.32 Å². The fourth-order valence-electron chi connectivity index (χ4n) is 2.60. The molecule has 2 atom stereocenters. The molecular formula is C14H29NOS. The lowest BCUT2D eigenvalue weighted by molar-refractivity contribution is 0.489. The maximum atomic E-state index is 12.3. The van der Waals surface area contributed by atoms with Crippen LogP contribution in [-0.2, 0) is 10.8 Å². The molecule has 0 heterocycles. The Balaban J connectivity index is 2.33. The molecule has 17 heavy (non-hydrogen) atoms. The second-order valence-corrected chi connectivity index (χ2v) is 7.01. The molecule has 2 nitrogen and oxygen atoms in total. The van der Waals surface area contributed by atoms with E-state index in [0.29, 0.717) is 11.3 Å². The van der Waals surface area contributed by atoms with E-state index in [1.54, 1.807) is 0 Å². The SMILES string of the molecule is CCCNC(CCC)CS(=O)C1CCCCC1. The number of hydrogen-bond donors (Lipinski definition) is 1. The first-order valence-electron chi connectivity index (χ1n) is 7.38. The highest BCUT2D eigenvalue weighted by molar-refractivity contribution is 7.85. The van der Waals surface area contributed by atoms with Crippen molar-refractivity contribution in [2.45, 2.75) is 76.5 Å². The molecule has 102 valence electrons. The van der Waals surface area contributed by atoms with Crippen LogP contribution in [0.5, 0.6) is 0 Å². The molecule has 1 fully saturated rings. The summed E-state index contributed by atoms with van der Waals surface area (Å²) in [4.78, 5) is 0. The molecule has 0 aromatic heterocycles. The van der Waals surface area contributed by atoms with Crippen LogP contribution in [0.4, 0.5) is 0 Å². The van der Waals surface area contributed by atoms with Gasteiger partial charge in [0.1, 0.15) is 0 Å². The van der Waals surface area contributed by atoms with Crippen molar-refractivity contribution < 1.29 is 4.21 Å². The first-order chi connectivity index (χ1) is 8.27. The average molecular weight is 259 g/mol. The highest BCUT2D eigenvalue weighted by Gasteiger charge is 2.22. The fraction of sp³-hybridized carbons (Fsp3) is 1.00. The van der Waals surface area contributed by atoms with E-state index in [2.05, 4.69) is 19.2 Å². The summed E-state index contributed by atoms with van der Waals surface area (Å²) in [5, 5.41) is 4.04. The Kier molecular flexibility index (Phi) is 8.12. The molecule has 0 aromatic carbocycles. The van der Waals surface area contributed by atoms with Crippen molar-refractivity contribution >= 4 is 10.8 Å². The van der Waals surface area contributed by atoms with Gasteiger partial charge in [-0.25, -0.2) is 0 Å². The van der Waals surface area contributed by atoms with Crippen LogP contribution in [0.2, 0.25) is 0 Å². The van der Waals surface area contributed by atoms with Gasteiger partial charge in [0.15, 0.2) is 0 Å². The summed E-state index contributed by atoms with van der Waals surface area (Å²) >= 11 is 0. The molecule has 0 aromatic rings. The van der Waals surface area contributed by atoms with Crippen LogP contribution in [0.3, 0.4) is 0 Å². The maximum absolute atomic E-state index is 12.3. The minimum atomic E-state index is -0.604. The van der Waals surface area contributed by atoms with Crippen LogP contribution in [-0.4, -0.2) is 27.8 Å². The predicted octanol–water partition coefficient (Wildman–Crippen LogP) is 3.24. The van der Waals surface area contributed by atoms with E-state index in [1.165, 1.54) is 44.9 Å². The van der Waals surface area contributed by atoms with Crippen molar-refractivity contribution in [2.24, 2.45) is 0 Å². The molecule has 1 aliphatic rings. The molecule has 0 amide bonds. The van der Waals surface area contributed by atoms with Crippen LogP contribution in [0, 0.1) is 0 Å². The normalized spacial score (nSPS) is 21.3. The maximum Gasteiger partial charge on any atom is 0.0391 e. The highest BCUT2D eigenvalue weighted by atomic mass is 32.2. The lowest BCUT2D eigenvalue weighted by atomic mass is 10.0. The Hall–Kier alpha value is 0.110. The molecule has 0 saturated heterocycles. The van der Waals surface area contributed by atoms with Crippen molar-refractivity contribution in [3.63, 3.8) is 0 Å². The van der Waals surface area contributed by atoms with Gasteiger partial charge in [-0.2, -0.15) is 0 Å². The number of hydrogen-bond acceptors (Lipinski definition) is 2. The van der Waals surface area contributed by atoms with Gasteiger partial charge in [-0.15, -0.1) is 0 Å². The van der Waals surface area contributed by atoms with Gasteiger partial charge in [0.2, 0.25) is 0 Å². The number of rotatable bonds is 8. The molecule has 3 heteroatoms. The quantitative estimate of drug-likeness (QED) is 0.725. The molecule has 0 spiro atoms. The van der Waals surface area contributed by atoms with Gasteiger partial charge in [0.05, 0.1) is 0 Å². The minimum Gasteiger partial charge on any atom is -0.313 e. The van der Waals surface area contributed by atoms with Gasteiger partial charge in [-0.1, -0.05) is 39.5 Å². The van der Waals surface area contributed by atoms with Gasteiger partial charge in [0, 0.05) is 27.8 Å². The second-order valence-electron chi connectivity index (χ2n) is 5.25. The largest absolute Gasteiger partial charge is 0.313 e.